The van der Waals surface area contributed by atoms with Crippen LogP contribution in [-0.4, -0.2) is 19.6 Å². The van der Waals surface area contributed by atoms with Gasteiger partial charge in [-0.2, -0.15) is 0 Å². The van der Waals surface area contributed by atoms with Gasteiger partial charge in [-0.25, -0.2) is 0 Å². The summed E-state index contributed by atoms with van der Waals surface area (Å²) in [7, 11) is 1.60. The van der Waals surface area contributed by atoms with Gasteiger partial charge < -0.3 is 10.5 Å². The number of methoxy groups -OCH3 is 1. The van der Waals surface area contributed by atoms with Gasteiger partial charge in [-0.3, -0.25) is 5.41 Å². The van der Waals surface area contributed by atoms with Crippen LogP contribution in [-0.2, 0) is 4.74 Å². The largest absolute Gasteiger partial charge is 0.387 e. The van der Waals surface area contributed by atoms with Crippen LogP contribution in [0.15, 0.2) is 0 Å². The molecule has 0 aliphatic rings. The number of nitrogens with one attached hydrogen (secondary N) is 1. The minimum absolute atomic E-state index is 0. The minimum Gasteiger partial charge on any atom is -0.387 e. The van der Waals surface area contributed by atoms with Crippen LogP contribution in [0.25, 0.3) is 0 Å². The number of halogens is 1. The van der Waals surface area contributed by atoms with E-state index in [1.165, 1.54) is 0 Å². The predicted molar refractivity (Wildman–Crippen MR) is 44.8 cm³/mol. The molecule has 0 spiro atoms. The van der Waals surface area contributed by atoms with E-state index in [4.69, 9.17) is 15.9 Å². The molecule has 0 aromatic rings. The molecule has 0 amide bonds. The molecule has 0 radical (unpaired) electrons. The maximum Gasteiger partial charge on any atom is 0.0986 e. The third-order valence-electron chi connectivity index (χ3n) is 1.23. The molecule has 3 N–H and O–H groups in total. The molecule has 0 fully saturated rings. The molecule has 0 rings (SSSR count). The fourth-order valence-electron chi connectivity index (χ4n) is 0.439. The van der Waals surface area contributed by atoms with E-state index in [2.05, 4.69) is 0 Å². The first kappa shape index (κ1) is 12.4. The van der Waals surface area contributed by atoms with E-state index in [0.29, 0.717) is 6.61 Å². The van der Waals surface area contributed by atoms with Crippen LogP contribution >= 0.6 is 12.4 Å². The van der Waals surface area contributed by atoms with Gasteiger partial charge in [-0.1, -0.05) is 13.8 Å². The lowest BCUT2D eigenvalue weighted by Gasteiger charge is -2.20. The summed E-state index contributed by atoms with van der Waals surface area (Å²) in [6.07, 6.45) is 0. The van der Waals surface area contributed by atoms with Crippen LogP contribution in [0.3, 0.4) is 0 Å². The topological polar surface area (TPSA) is 59.1 Å². The molecule has 10 heavy (non-hydrogen) atoms. The van der Waals surface area contributed by atoms with Gasteiger partial charge >= 0.3 is 0 Å². The standard InChI is InChI=1S/C6H14N2O.ClH/c1-6(2,4-9-3)5(7)8;/h4H2,1-3H3,(H3,7,8);1H. The molecule has 3 nitrogen and oxygen atoms in total. The van der Waals surface area contributed by atoms with Gasteiger partial charge in [0.15, 0.2) is 0 Å². The van der Waals surface area contributed by atoms with Crippen LogP contribution in [0.2, 0.25) is 0 Å². The minimum atomic E-state index is -0.311. The van der Waals surface area contributed by atoms with Crippen LogP contribution in [0.4, 0.5) is 0 Å². The zero-order chi connectivity index (χ0) is 7.49. The van der Waals surface area contributed by atoms with Crippen molar-refractivity contribution in [3.63, 3.8) is 0 Å². The van der Waals surface area contributed by atoms with Crippen molar-refractivity contribution >= 4 is 18.2 Å². The van der Waals surface area contributed by atoms with Crippen molar-refractivity contribution in [2.75, 3.05) is 13.7 Å². The van der Waals surface area contributed by atoms with Crippen molar-refractivity contribution in [3.05, 3.63) is 0 Å². The van der Waals surface area contributed by atoms with Crippen LogP contribution in [0, 0.1) is 10.8 Å². The summed E-state index contributed by atoms with van der Waals surface area (Å²) in [4.78, 5) is 0. The highest BCUT2D eigenvalue weighted by Gasteiger charge is 2.20. The van der Waals surface area contributed by atoms with Gasteiger partial charge in [-0.15, -0.1) is 12.4 Å². The molecule has 4 heteroatoms. The van der Waals surface area contributed by atoms with Gasteiger partial charge in [0.1, 0.15) is 0 Å². The van der Waals surface area contributed by atoms with Crippen LogP contribution in [0.1, 0.15) is 13.8 Å². The highest BCUT2D eigenvalue weighted by Crippen LogP contribution is 2.13. The van der Waals surface area contributed by atoms with Crippen molar-refractivity contribution in [3.8, 4) is 0 Å². The lowest BCUT2D eigenvalue weighted by Crippen LogP contribution is -2.34. The third kappa shape index (κ3) is 3.69. The number of rotatable bonds is 3. The molecule has 0 saturated carbocycles. The van der Waals surface area contributed by atoms with Crippen molar-refractivity contribution in [2.45, 2.75) is 13.8 Å². The summed E-state index contributed by atoms with van der Waals surface area (Å²) in [6.45, 7) is 4.25. The Labute approximate surface area is 67.9 Å². The summed E-state index contributed by atoms with van der Waals surface area (Å²) in [5, 5.41) is 7.10. The molecular weight excluding hydrogens is 152 g/mol. The quantitative estimate of drug-likeness (QED) is 0.486. The Morgan fingerprint density at radius 2 is 2.00 bits per heavy atom. The fraction of sp³-hybridized carbons (Fsp3) is 0.833. The Morgan fingerprint density at radius 1 is 1.60 bits per heavy atom. The number of hydrogen-bond acceptors (Lipinski definition) is 2. The average Bonchev–Trinajstić information content (AvgIpc) is 1.65. The van der Waals surface area contributed by atoms with E-state index in [-0.39, 0.29) is 23.7 Å². The van der Waals surface area contributed by atoms with E-state index < -0.39 is 0 Å². The molecule has 0 heterocycles. The Hall–Kier alpha value is -0.280. The van der Waals surface area contributed by atoms with E-state index in [0.717, 1.165) is 0 Å². The monoisotopic (exact) mass is 166 g/mol. The molecule has 62 valence electrons. The zero-order valence-electron chi connectivity index (χ0n) is 6.60. The lowest BCUT2D eigenvalue weighted by molar-refractivity contribution is 0.141. The van der Waals surface area contributed by atoms with Crippen molar-refractivity contribution in [1.82, 2.24) is 0 Å². The smallest absolute Gasteiger partial charge is 0.0986 e. The van der Waals surface area contributed by atoms with Crippen LogP contribution in [0.5, 0.6) is 0 Å². The van der Waals surface area contributed by atoms with Gasteiger partial charge in [0.2, 0.25) is 0 Å². The van der Waals surface area contributed by atoms with E-state index in [1.54, 1.807) is 7.11 Å². The normalized spacial score (nSPS) is 10.3. The van der Waals surface area contributed by atoms with Gasteiger partial charge in [-0.05, 0) is 0 Å². The summed E-state index contributed by atoms with van der Waals surface area (Å²) >= 11 is 0. The first-order valence-electron chi connectivity index (χ1n) is 2.84. The van der Waals surface area contributed by atoms with Crippen LogP contribution < -0.4 is 5.73 Å². The molecule has 0 bridgehead atoms. The third-order valence-corrected chi connectivity index (χ3v) is 1.23. The second-order valence-corrected chi connectivity index (χ2v) is 2.73. The zero-order valence-corrected chi connectivity index (χ0v) is 7.42. The van der Waals surface area contributed by atoms with E-state index in [9.17, 15) is 0 Å². The molecule has 0 atom stereocenters. The number of amidine groups is 1. The second kappa shape index (κ2) is 4.52. The van der Waals surface area contributed by atoms with Gasteiger partial charge in [0.25, 0.3) is 0 Å². The maximum atomic E-state index is 7.10. The SMILES string of the molecule is COCC(C)(C)C(=N)N.Cl. The average molecular weight is 167 g/mol. The summed E-state index contributed by atoms with van der Waals surface area (Å²) in [5.74, 6) is 0.171. The van der Waals surface area contributed by atoms with E-state index >= 15 is 0 Å². The Bertz CT molecular complexity index is 114. The molecule has 0 unspecified atom stereocenters. The van der Waals surface area contributed by atoms with E-state index in [1.807, 2.05) is 13.8 Å². The Kier molecular flexibility index (Phi) is 5.61. The number of nitrogens with two attached hydrogens (primary N) is 1. The molecule has 0 aromatic heterocycles. The predicted octanol–water partition coefficient (Wildman–Crippen LogP) is 1.02. The maximum absolute atomic E-state index is 7.10. The molecule has 0 aliphatic heterocycles. The van der Waals surface area contributed by atoms with Gasteiger partial charge in [0.05, 0.1) is 12.4 Å². The Balaban J connectivity index is 0. The number of ether oxygens (including phenoxy) is 1. The molecular formula is C6H15ClN2O. The van der Waals surface area contributed by atoms with Crippen molar-refractivity contribution in [1.29, 1.82) is 5.41 Å². The summed E-state index contributed by atoms with van der Waals surface area (Å²) < 4.78 is 4.85. The lowest BCUT2D eigenvalue weighted by atomic mass is 9.94. The summed E-state index contributed by atoms with van der Waals surface area (Å²) in [5.41, 5.74) is 4.95. The first-order chi connectivity index (χ1) is 4.00. The van der Waals surface area contributed by atoms with Crippen molar-refractivity contribution in [2.24, 2.45) is 11.1 Å². The highest BCUT2D eigenvalue weighted by molar-refractivity contribution is 5.85. The fourth-order valence-corrected chi connectivity index (χ4v) is 0.439. The first-order valence-corrected chi connectivity index (χ1v) is 2.84. The number of hydrogen-bond donors (Lipinski definition) is 2. The molecule has 0 saturated heterocycles. The molecule has 0 aromatic carbocycles. The second-order valence-electron chi connectivity index (χ2n) is 2.73. The Morgan fingerprint density at radius 3 is 2.10 bits per heavy atom. The molecule has 0 aliphatic carbocycles. The highest BCUT2D eigenvalue weighted by atomic mass is 35.5. The van der Waals surface area contributed by atoms with Crippen molar-refractivity contribution < 1.29 is 4.74 Å². The van der Waals surface area contributed by atoms with Gasteiger partial charge in [0, 0.05) is 12.5 Å². The summed E-state index contributed by atoms with van der Waals surface area (Å²) in [6, 6.07) is 0.